The van der Waals surface area contributed by atoms with E-state index in [0.29, 0.717) is 5.69 Å². The van der Waals surface area contributed by atoms with Gasteiger partial charge in [-0.3, -0.25) is 9.59 Å². The first-order chi connectivity index (χ1) is 11.4. The minimum absolute atomic E-state index is 0.0169. The monoisotopic (exact) mass is 327 g/mol. The molecule has 0 aliphatic heterocycles. The summed E-state index contributed by atoms with van der Waals surface area (Å²) >= 11 is 0. The Bertz CT molecular complexity index is 768. The van der Waals surface area contributed by atoms with Crippen LogP contribution in [0, 0.1) is 13.8 Å². The van der Waals surface area contributed by atoms with Gasteiger partial charge in [0, 0.05) is 12.0 Å². The smallest absolute Gasteiger partial charge is 0.306 e. The van der Waals surface area contributed by atoms with E-state index in [1.165, 1.54) is 6.07 Å². The molecule has 0 saturated carbocycles. The number of aryl methyl sites for hydroxylation is 2. The summed E-state index contributed by atoms with van der Waals surface area (Å²) in [5, 5.41) is 9.93. The van der Waals surface area contributed by atoms with Gasteiger partial charge in [-0.1, -0.05) is 23.8 Å². The number of ether oxygens (including phenoxy) is 1. The second-order valence-electron chi connectivity index (χ2n) is 5.61. The highest BCUT2D eigenvalue weighted by molar-refractivity contribution is 5.98. The molecule has 0 radical (unpaired) electrons. The molecule has 2 aromatic rings. The molecule has 5 heteroatoms. The van der Waals surface area contributed by atoms with Gasteiger partial charge in [0.1, 0.15) is 11.4 Å². The molecule has 0 bridgehead atoms. The van der Waals surface area contributed by atoms with Crippen LogP contribution in [0.5, 0.6) is 5.75 Å². The molecule has 0 saturated heterocycles. The van der Waals surface area contributed by atoms with Gasteiger partial charge in [-0.15, -0.1) is 0 Å². The zero-order valence-electron chi connectivity index (χ0n) is 14.1. The van der Waals surface area contributed by atoms with Crippen molar-refractivity contribution in [1.82, 2.24) is 4.98 Å². The number of carbonyl (C=O) groups is 2. The predicted octanol–water partition coefficient (Wildman–Crippen LogP) is 3.60. The number of esters is 1. The van der Waals surface area contributed by atoms with Crippen LogP contribution in [0.15, 0.2) is 30.3 Å². The Morgan fingerprint density at radius 2 is 1.88 bits per heavy atom. The van der Waals surface area contributed by atoms with Gasteiger partial charge < -0.3 is 9.84 Å². The van der Waals surface area contributed by atoms with Crippen LogP contribution in [0.2, 0.25) is 0 Å². The zero-order chi connectivity index (χ0) is 17.7. The lowest BCUT2D eigenvalue weighted by molar-refractivity contribution is -0.143. The van der Waals surface area contributed by atoms with Crippen LogP contribution >= 0.6 is 0 Å². The average Bonchev–Trinajstić information content (AvgIpc) is 2.54. The number of carbonyl (C=O) groups excluding carboxylic acids is 2. The summed E-state index contributed by atoms with van der Waals surface area (Å²) in [5.41, 5.74) is 3.68. The minimum Gasteiger partial charge on any atom is -0.506 e. The molecule has 0 spiro atoms. The van der Waals surface area contributed by atoms with Crippen LogP contribution in [0.25, 0.3) is 11.3 Å². The SMILES string of the molecule is CCOC(=O)CCC(=O)c1nc(-c2ccc(C)cc2C)ccc1O. The van der Waals surface area contributed by atoms with Gasteiger partial charge >= 0.3 is 5.97 Å². The molecule has 1 aromatic heterocycles. The van der Waals surface area contributed by atoms with Crippen molar-refractivity contribution in [2.45, 2.75) is 33.6 Å². The Hall–Kier alpha value is -2.69. The topological polar surface area (TPSA) is 76.5 Å². The van der Waals surface area contributed by atoms with Crippen LogP contribution in [0.3, 0.4) is 0 Å². The van der Waals surface area contributed by atoms with E-state index in [-0.39, 0.29) is 36.7 Å². The van der Waals surface area contributed by atoms with Crippen molar-refractivity contribution in [3.05, 3.63) is 47.2 Å². The van der Waals surface area contributed by atoms with Crippen molar-refractivity contribution in [3.8, 4) is 17.0 Å². The number of Topliss-reactive ketones (excluding diaryl/α,β-unsaturated/α-hetero) is 1. The number of hydrogen-bond acceptors (Lipinski definition) is 5. The summed E-state index contributed by atoms with van der Waals surface area (Å²) in [4.78, 5) is 27.9. The lowest BCUT2D eigenvalue weighted by Gasteiger charge is -2.09. The molecule has 1 N–H and O–H groups in total. The molecule has 1 heterocycles. The van der Waals surface area contributed by atoms with Crippen LogP contribution < -0.4 is 0 Å². The van der Waals surface area contributed by atoms with E-state index in [1.54, 1.807) is 13.0 Å². The van der Waals surface area contributed by atoms with Crippen molar-refractivity contribution in [1.29, 1.82) is 0 Å². The largest absolute Gasteiger partial charge is 0.506 e. The Kier molecular flexibility index (Phi) is 5.68. The Morgan fingerprint density at radius 3 is 2.54 bits per heavy atom. The van der Waals surface area contributed by atoms with E-state index < -0.39 is 5.97 Å². The molecule has 5 nitrogen and oxygen atoms in total. The number of ketones is 1. The molecular formula is C19H21NO4. The Balaban J connectivity index is 2.25. The van der Waals surface area contributed by atoms with Crippen LogP contribution in [0.1, 0.15) is 41.4 Å². The maximum absolute atomic E-state index is 12.3. The quantitative estimate of drug-likeness (QED) is 0.648. The van der Waals surface area contributed by atoms with E-state index in [2.05, 4.69) is 4.98 Å². The van der Waals surface area contributed by atoms with Crippen molar-refractivity contribution in [2.24, 2.45) is 0 Å². The third kappa shape index (κ3) is 4.19. The van der Waals surface area contributed by atoms with E-state index in [0.717, 1.165) is 16.7 Å². The first-order valence-corrected chi connectivity index (χ1v) is 7.88. The lowest BCUT2D eigenvalue weighted by Crippen LogP contribution is -2.09. The zero-order valence-corrected chi connectivity index (χ0v) is 14.1. The van der Waals surface area contributed by atoms with Crippen molar-refractivity contribution < 1.29 is 19.4 Å². The number of nitrogens with zero attached hydrogens (tertiary/aromatic N) is 1. The van der Waals surface area contributed by atoms with Crippen LogP contribution in [-0.4, -0.2) is 28.4 Å². The molecule has 2 rings (SSSR count). The van der Waals surface area contributed by atoms with Crippen molar-refractivity contribution in [3.63, 3.8) is 0 Å². The second kappa shape index (κ2) is 7.73. The highest BCUT2D eigenvalue weighted by Gasteiger charge is 2.17. The van der Waals surface area contributed by atoms with E-state index in [1.807, 2.05) is 32.0 Å². The summed E-state index contributed by atoms with van der Waals surface area (Å²) in [6.45, 7) is 5.96. The summed E-state index contributed by atoms with van der Waals surface area (Å²) < 4.78 is 4.80. The van der Waals surface area contributed by atoms with Gasteiger partial charge in [0.2, 0.25) is 0 Å². The van der Waals surface area contributed by atoms with Gasteiger partial charge in [0.25, 0.3) is 0 Å². The van der Waals surface area contributed by atoms with Gasteiger partial charge in [-0.05, 0) is 38.5 Å². The molecule has 0 unspecified atom stereocenters. The minimum atomic E-state index is -0.434. The summed E-state index contributed by atoms with van der Waals surface area (Å²) in [6.07, 6.45) is -0.0721. The Labute approximate surface area is 141 Å². The van der Waals surface area contributed by atoms with Crippen molar-refractivity contribution in [2.75, 3.05) is 6.61 Å². The molecule has 0 fully saturated rings. The highest BCUT2D eigenvalue weighted by Crippen LogP contribution is 2.26. The number of rotatable bonds is 6. The average molecular weight is 327 g/mol. The highest BCUT2D eigenvalue weighted by atomic mass is 16.5. The summed E-state index contributed by atoms with van der Waals surface area (Å²) in [5.74, 6) is -1.000. The van der Waals surface area contributed by atoms with Crippen molar-refractivity contribution >= 4 is 11.8 Å². The molecular weight excluding hydrogens is 306 g/mol. The number of aromatic nitrogens is 1. The van der Waals surface area contributed by atoms with Gasteiger partial charge in [-0.25, -0.2) is 4.98 Å². The van der Waals surface area contributed by atoms with Crippen LogP contribution in [-0.2, 0) is 9.53 Å². The number of hydrogen-bond donors (Lipinski definition) is 1. The number of aromatic hydroxyl groups is 1. The van der Waals surface area contributed by atoms with E-state index in [9.17, 15) is 14.7 Å². The van der Waals surface area contributed by atoms with Gasteiger partial charge in [0.05, 0.1) is 18.7 Å². The summed E-state index contributed by atoms with van der Waals surface area (Å²) in [6, 6.07) is 9.08. The maximum atomic E-state index is 12.3. The second-order valence-corrected chi connectivity index (χ2v) is 5.61. The fourth-order valence-corrected chi connectivity index (χ4v) is 2.48. The van der Waals surface area contributed by atoms with Gasteiger partial charge in [0.15, 0.2) is 5.78 Å². The Morgan fingerprint density at radius 1 is 1.12 bits per heavy atom. The number of benzene rings is 1. The van der Waals surface area contributed by atoms with Crippen LogP contribution in [0.4, 0.5) is 0 Å². The lowest BCUT2D eigenvalue weighted by atomic mass is 10.0. The third-order valence-electron chi connectivity index (χ3n) is 3.66. The van der Waals surface area contributed by atoms with E-state index in [4.69, 9.17) is 4.74 Å². The first kappa shape index (κ1) is 17.7. The standard InChI is InChI=1S/C19H21NO4/c1-4-24-18(23)10-9-17(22)19-16(21)8-7-15(20-19)14-6-5-12(2)11-13(14)3/h5-8,11,21H,4,9-10H2,1-3H3. The predicted molar refractivity (Wildman–Crippen MR) is 91.0 cm³/mol. The molecule has 0 amide bonds. The first-order valence-electron chi connectivity index (χ1n) is 7.88. The maximum Gasteiger partial charge on any atom is 0.306 e. The molecule has 0 aliphatic carbocycles. The van der Waals surface area contributed by atoms with E-state index >= 15 is 0 Å². The fourth-order valence-electron chi connectivity index (χ4n) is 2.48. The molecule has 126 valence electrons. The molecule has 24 heavy (non-hydrogen) atoms. The molecule has 0 aliphatic rings. The third-order valence-corrected chi connectivity index (χ3v) is 3.66. The molecule has 1 aromatic carbocycles. The molecule has 0 atom stereocenters. The summed E-state index contributed by atoms with van der Waals surface area (Å²) in [7, 11) is 0. The van der Waals surface area contributed by atoms with Gasteiger partial charge in [-0.2, -0.15) is 0 Å². The number of pyridine rings is 1. The normalized spacial score (nSPS) is 10.5. The fraction of sp³-hybridized carbons (Fsp3) is 0.316.